The van der Waals surface area contributed by atoms with Crippen LogP contribution in [0.3, 0.4) is 0 Å². The van der Waals surface area contributed by atoms with E-state index in [1.54, 1.807) is 12.1 Å². The Balaban J connectivity index is 2.53. The van der Waals surface area contributed by atoms with Crippen LogP contribution < -0.4 is 11.5 Å². The standard InChI is InChI=1S/C11H11N3O3S/c1-6-4-7-2-3-8(10(15)14-11(12)13)5-9(7)18(6,16)17/h2-5H,1H3,(H4,12,13,14,15). The molecule has 0 bridgehead atoms. The number of carbonyl (C=O) groups is 1. The second kappa shape index (κ2) is 3.95. The van der Waals surface area contributed by atoms with E-state index < -0.39 is 15.7 Å². The number of sulfone groups is 1. The van der Waals surface area contributed by atoms with E-state index in [9.17, 15) is 13.2 Å². The number of benzene rings is 1. The predicted molar refractivity (Wildman–Crippen MR) is 67.4 cm³/mol. The van der Waals surface area contributed by atoms with Gasteiger partial charge in [0.25, 0.3) is 5.91 Å². The molecule has 1 aliphatic rings. The zero-order chi connectivity index (χ0) is 13.5. The van der Waals surface area contributed by atoms with Crippen molar-refractivity contribution >= 4 is 27.8 Å². The number of nitrogens with two attached hydrogens (primary N) is 2. The maximum absolute atomic E-state index is 11.9. The second-order valence-electron chi connectivity index (χ2n) is 3.85. The summed E-state index contributed by atoms with van der Waals surface area (Å²) in [5, 5.41) is 0. The van der Waals surface area contributed by atoms with Crippen molar-refractivity contribution in [1.82, 2.24) is 0 Å². The Bertz CT molecular complexity index is 698. The molecule has 6 nitrogen and oxygen atoms in total. The molecule has 0 spiro atoms. The number of nitrogens with zero attached hydrogens (tertiary/aromatic N) is 1. The van der Waals surface area contributed by atoms with E-state index in [-0.39, 0.29) is 21.3 Å². The number of carbonyl (C=O) groups excluding carboxylic acids is 1. The summed E-state index contributed by atoms with van der Waals surface area (Å²) in [6.07, 6.45) is 1.56. The molecule has 0 saturated carbocycles. The summed E-state index contributed by atoms with van der Waals surface area (Å²) in [5.74, 6) is -1.03. The first-order valence-electron chi connectivity index (χ1n) is 5.04. The Labute approximate surface area is 104 Å². The van der Waals surface area contributed by atoms with Crippen molar-refractivity contribution in [2.75, 3.05) is 0 Å². The largest absolute Gasteiger partial charge is 0.370 e. The molecule has 94 valence electrons. The van der Waals surface area contributed by atoms with E-state index in [0.29, 0.717) is 5.56 Å². The third-order valence-corrected chi connectivity index (χ3v) is 4.46. The number of aliphatic imine (C=N–C) groups is 1. The van der Waals surface area contributed by atoms with Gasteiger partial charge in [0.2, 0.25) is 9.84 Å². The van der Waals surface area contributed by atoms with Crippen molar-refractivity contribution in [3.63, 3.8) is 0 Å². The Morgan fingerprint density at radius 2 is 1.94 bits per heavy atom. The van der Waals surface area contributed by atoms with Crippen LogP contribution in [0.1, 0.15) is 22.8 Å². The minimum atomic E-state index is -3.47. The molecule has 0 aromatic heterocycles. The summed E-state index contributed by atoms with van der Waals surface area (Å²) in [7, 11) is -3.47. The molecule has 2 rings (SSSR count). The molecular weight excluding hydrogens is 254 g/mol. The van der Waals surface area contributed by atoms with Crippen LogP contribution in [0.15, 0.2) is 33.0 Å². The third kappa shape index (κ3) is 1.88. The summed E-state index contributed by atoms with van der Waals surface area (Å²) in [6.45, 7) is 1.51. The fraction of sp³-hybridized carbons (Fsp3) is 0.0909. The highest BCUT2D eigenvalue weighted by Crippen LogP contribution is 2.32. The molecule has 0 radical (unpaired) electrons. The number of rotatable bonds is 1. The van der Waals surface area contributed by atoms with Crippen LogP contribution in [0.25, 0.3) is 6.08 Å². The average molecular weight is 265 g/mol. The van der Waals surface area contributed by atoms with E-state index in [2.05, 4.69) is 4.99 Å². The highest BCUT2D eigenvalue weighted by Gasteiger charge is 2.27. The number of allylic oxidation sites excluding steroid dienone is 1. The molecule has 0 fully saturated rings. The quantitative estimate of drug-likeness (QED) is 0.557. The van der Waals surface area contributed by atoms with Crippen molar-refractivity contribution in [3.05, 3.63) is 34.2 Å². The number of amides is 1. The van der Waals surface area contributed by atoms with Gasteiger partial charge in [0.1, 0.15) is 0 Å². The molecular formula is C11H11N3O3S. The summed E-state index contributed by atoms with van der Waals surface area (Å²) in [6, 6.07) is 4.32. The lowest BCUT2D eigenvalue weighted by Gasteiger charge is -2.02. The SMILES string of the molecule is CC1=Cc2ccc(C(=O)N=C(N)N)cc2S1(=O)=O. The molecule has 1 aliphatic heterocycles. The topological polar surface area (TPSA) is 116 Å². The lowest BCUT2D eigenvalue weighted by atomic mass is 10.1. The van der Waals surface area contributed by atoms with Gasteiger partial charge in [-0.2, -0.15) is 4.99 Å². The van der Waals surface area contributed by atoms with Gasteiger partial charge in [0.15, 0.2) is 5.96 Å². The first-order valence-corrected chi connectivity index (χ1v) is 6.52. The van der Waals surface area contributed by atoms with Crippen LogP contribution >= 0.6 is 0 Å². The molecule has 1 aromatic carbocycles. The van der Waals surface area contributed by atoms with Gasteiger partial charge in [-0.15, -0.1) is 0 Å². The molecule has 1 heterocycles. The zero-order valence-electron chi connectivity index (χ0n) is 9.54. The minimum absolute atomic E-state index is 0.108. The van der Waals surface area contributed by atoms with Gasteiger partial charge >= 0.3 is 0 Å². The van der Waals surface area contributed by atoms with Crippen LogP contribution in [-0.4, -0.2) is 20.3 Å². The molecule has 7 heteroatoms. The van der Waals surface area contributed by atoms with Gasteiger partial charge < -0.3 is 11.5 Å². The summed E-state index contributed by atoms with van der Waals surface area (Å²) in [4.78, 5) is 15.3. The highest BCUT2D eigenvalue weighted by molar-refractivity contribution is 7.95. The highest BCUT2D eigenvalue weighted by atomic mass is 32.2. The van der Waals surface area contributed by atoms with Gasteiger partial charge in [0, 0.05) is 10.5 Å². The number of fused-ring (bicyclic) bond motifs is 1. The smallest absolute Gasteiger partial charge is 0.280 e. The predicted octanol–water partition coefficient (Wildman–Crippen LogP) is 0.248. The summed E-state index contributed by atoms with van der Waals surface area (Å²) in [5.41, 5.74) is 10.9. The minimum Gasteiger partial charge on any atom is -0.370 e. The monoisotopic (exact) mass is 265 g/mol. The first-order chi connectivity index (χ1) is 8.32. The molecule has 1 amide bonds. The van der Waals surface area contributed by atoms with Gasteiger partial charge in [-0.25, -0.2) is 8.42 Å². The summed E-state index contributed by atoms with van der Waals surface area (Å²) < 4.78 is 23.8. The van der Waals surface area contributed by atoms with E-state index in [4.69, 9.17) is 11.5 Å². The van der Waals surface area contributed by atoms with Crippen molar-refractivity contribution < 1.29 is 13.2 Å². The van der Waals surface area contributed by atoms with Crippen LogP contribution in [0, 0.1) is 0 Å². The number of guanidine groups is 1. The van der Waals surface area contributed by atoms with Crippen molar-refractivity contribution in [2.45, 2.75) is 11.8 Å². The second-order valence-corrected chi connectivity index (χ2v) is 5.94. The first kappa shape index (κ1) is 12.3. The van der Waals surface area contributed by atoms with E-state index in [1.807, 2.05) is 0 Å². The van der Waals surface area contributed by atoms with Crippen molar-refractivity contribution in [2.24, 2.45) is 16.5 Å². The zero-order valence-corrected chi connectivity index (χ0v) is 10.4. The molecule has 0 unspecified atom stereocenters. The van der Waals surface area contributed by atoms with Gasteiger partial charge in [-0.1, -0.05) is 6.07 Å². The molecule has 4 N–H and O–H groups in total. The Morgan fingerprint density at radius 1 is 1.28 bits per heavy atom. The van der Waals surface area contributed by atoms with Crippen LogP contribution in [-0.2, 0) is 9.84 Å². The van der Waals surface area contributed by atoms with E-state index in [0.717, 1.165) is 0 Å². The lowest BCUT2D eigenvalue weighted by molar-refractivity contribution is 0.100. The molecule has 0 aliphatic carbocycles. The van der Waals surface area contributed by atoms with Gasteiger partial charge in [-0.05, 0) is 30.7 Å². The van der Waals surface area contributed by atoms with E-state index >= 15 is 0 Å². The molecule has 0 saturated heterocycles. The van der Waals surface area contributed by atoms with Crippen LogP contribution in [0.5, 0.6) is 0 Å². The average Bonchev–Trinajstić information content (AvgIpc) is 2.49. The maximum atomic E-state index is 11.9. The van der Waals surface area contributed by atoms with Crippen LogP contribution in [0.2, 0.25) is 0 Å². The Kier molecular flexibility index (Phi) is 2.70. The summed E-state index contributed by atoms with van der Waals surface area (Å²) >= 11 is 0. The normalized spacial score (nSPS) is 15.7. The molecule has 0 atom stereocenters. The van der Waals surface area contributed by atoms with Crippen molar-refractivity contribution in [1.29, 1.82) is 0 Å². The molecule has 1 aromatic rings. The fourth-order valence-corrected chi connectivity index (χ4v) is 3.02. The van der Waals surface area contributed by atoms with E-state index in [1.165, 1.54) is 19.1 Å². The lowest BCUT2D eigenvalue weighted by Crippen LogP contribution is -2.24. The maximum Gasteiger partial charge on any atom is 0.280 e. The Hall–Kier alpha value is -2.15. The van der Waals surface area contributed by atoms with Crippen molar-refractivity contribution in [3.8, 4) is 0 Å². The third-order valence-electron chi connectivity index (χ3n) is 2.56. The fourth-order valence-electron chi connectivity index (χ4n) is 1.67. The van der Waals surface area contributed by atoms with Gasteiger partial charge in [0.05, 0.1) is 4.90 Å². The Morgan fingerprint density at radius 3 is 2.56 bits per heavy atom. The number of hydrogen-bond acceptors (Lipinski definition) is 3. The number of hydrogen-bond donors (Lipinski definition) is 2. The van der Waals surface area contributed by atoms with Crippen LogP contribution in [0.4, 0.5) is 0 Å². The van der Waals surface area contributed by atoms with Gasteiger partial charge in [-0.3, -0.25) is 4.79 Å². The molecule has 18 heavy (non-hydrogen) atoms.